The van der Waals surface area contributed by atoms with Crippen molar-refractivity contribution in [2.75, 3.05) is 5.32 Å². The van der Waals surface area contributed by atoms with E-state index in [1.165, 1.54) is 23.5 Å². The predicted molar refractivity (Wildman–Crippen MR) is 105 cm³/mol. The lowest BCUT2D eigenvalue weighted by molar-refractivity contribution is 0.452. The summed E-state index contributed by atoms with van der Waals surface area (Å²) >= 11 is 1.30. The monoisotopic (exact) mass is 377 g/mol. The van der Waals surface area contributed by atoms with Crippen LogP contribution in [0.3, 0.4) is 0 Å². The normalized spacial score (nSPS) is 10.5. The van der Waals surface area contributed by atoms with Crippen LogP contribution in [-0.2, 0) is 0 Å². The number of nitrogens with zero attached hydrogens (tertiary/aromatic N) is 2. The summed E-state index contributed by atoms with van der Waals surface area (Å²) in [7, 11) is 0. The number of hydrogen-bond acceptors (Lipinski definition) is 7. The van der Waals surface area contributed by atoms with Gasteiger partial charge in [-0.15, -0.1) is 10.2 Å². The zero-order valence-electron chi connectivity index (χ0n) is 14.0. The summed E-state index contributed by atoms with van der Waals surface area (Å²) in [4.78, 5) is 0. The summed E-state index contributed by atoms with van der Waals surface area (Å²) in [6.45, 7) is 0. The third-order valence-corrected chi connectivity index (χ3v) is 4.59. The van der Waals surface area contributed by atoms with Crippen LogP contribution in [0.15, 0.2) is 72.8 Å². The largest absolute Gasteiger partial charge is 0.508 e. The molecule has 0 bridgehead atoms. The van der Waals surface area contributed by atoms with E-state index >= 15 is 0 Å². The van der Waals surface area contributed by atoms with E-state index < -0.39 is 0 Å². The van der Waals surface area contributed by atoms with Crippen molar-refractivity contribution in [2.45, 2.75) is 0 Å². The van der Waals surface area contributed by atoms with Crippen molar-refractivity contribution < 1.29 is 14.9 Å². The number of para-hydroxylation sites is 1. The first-order valence-corrected chi connectivity index (χ1v) is 8.95. The maximum Gasteiger partial charge on any atom is 0.210 e. The lowest BCUT2D eigenvalue weighted by atomic mass is 10.2. The smallest absolute Gasteiger partial charge is 0.210 e. The highest BCUT2D eigenvalue weighted by Crippen LogP contribution is 2.35. The first kappa shape index (κ1) is 16.9. The SMILES string of the molecule is Oc1ccc(-c2nnc(Nc3ccc(Oc4ccccc4)cc3)s2)c(O)c1. The number of benzene rings is 3. The molecule has 0 amide bonds. The molecule has 134 valence electrons. The van der Waals surface area contributed by atoms with Crippen LogP contribution < -0.4 is 10.1 Å². The minimum atomic E-state index is -0.0416. The number of nitrogens with one attached hydrogen (secondary N) is 1. The Morgan fingerprint density at radius 2 is 1.56 bits per heavy atom. The molecule has 7 heteroatoms. The van der Waals surface area contributed by atoms with E-state index in [2.05, 4.69) is 15.5 Å². The summed E-state index contributed by atoms with van der Waals surface area (Å²) < 4.78 is 5.77. The molecule has 0 fully saturated rings. The first-order chi connectivity index (χ1) is 13.2. The number of aromatic hydroxyl groups is 2. The second kappa shape index (κ2) is 7.35. The molecule has 0 atom stereocenters. The number of anilines is 2. The molecule has 3 aromatic carbocycles. The summed E-state index contributed by atoms with van der Waals surface area (Å²) in [6, 6.07) is 21.4. The number of phenolic OH excluding ortho intramolecular Hbond substituents is 2. The van der Waals surface area contributed by atoms with Crippen molar-refractivity contribution in [1.29, 1.82) is 0 Å². The molecule has 0 saturated carbocycles. The lowest BCUT2D eigenvalue weighted by Gasteiger charge is -2.07. The number of phenols is 2. The van der Waals surface area contributed by atoms with Crippen molar-refractivity contribution in [3.8, 4) is 33.6 Å². The van der Waals surface area contributed by atoms with Gasteiger partial charge in [0.05, 0.1) is 5.56 Å². The van der Waals surface area contributed by atoms with Crippen molar-refractivity contribution in [3.63, 3.8) is 0 Å². The minimum absolute atomic E-state index is 0.00285. The van der Waals surface area contributed by atoms with E-state index in [1.807, 2.05) is 54.6 Å². The molecule has 1 heterocycles. The van der Waals surface area contributed by atoms with Crippen LogP contribution in [-0.4, -0.2) is 20.4 Å². The fourth-order valence-electron chi connectivity index (χ4n) is 2.44. The summed E-state index contributed by atoms with van der Waals surface area (Å²) in [6.07, 6.45) is 0. The fraction of sp³-hybridized carbons (Fsp3) is 0. The van der Waals surface area contributed by atoms with Crippen LogP contribution >= 0.6 is 11.3 Å². The van der Waals surface area contributed by atoms with Gasteiger partial charge in [0.25, 0.3) is 0 Å². The highest BCUT2D eigenvalue weighted by molar-refractivity contribution is 7.18. The molecule has 27 heavy (non-hydrogen) atoms. The van der Waals surface area contributed by atoms with Gasteiger partial charge in [-0.05, 0) is 48.5 Å². The van der Waals surface area contributed by atoms with Gasteiger partial charge < -0.3 is 20.3 Å². The number of rotatable bonds is 5. The van der Waals surface area contributed by atoms with Gasteiger partial charge in [-0.3, -0.25) is 0 Å². The van der Waals surface area contributed by atoms with Gasteiger partial charge in [-0.2, -0.15) is 0 Å². The van der Waals surface area contributed by atoms with Gasteiger partial charge in [0.15, 0.2) is 5.01 Å². The van der Waals surface area contributed by atoms with Crippen LogP contribution in [0.25, 0.3) is 10.6 Å². The molecule has 0 saturated heterocycles. The van der Waals surface area contributed by atoms with Crippen LogP contribution in [0.5, 0.6) is 23.0 Å². The molecule has 0 spiro atoms. The summed E-state index contributed by atoms with van der Waals surface area (Å²) in [5.74, 6) is 1.47. The zero-order valence-corrected chi connectivity index (χ0v) is 14.9. The Morgan fingerprint density at radius 3 is 2.30 bits per heavy atom. The van der Waals surface area contributed by atoms with Gasteiger partial charge in [0, 0.05) is 11.8 Å². The molecule has 0 aliphatic heterocycles. The highest BCUT2D eigenvalue weighted by atomic mass is 32.1. The Morgan fingerprint density at radius 1 is 0.815 bits per heavy atom. The van der Waals surface area contributed by atoms with E-state index in [1.54, 1.807) is 6.07 Å². The minimum Gasteiger partial charge on any atom is -0.508 e. The van der Waals surface area contributed by atoms with Crippen LogP contribution in [0.2, 0.25) is 0 Å². The zero-order chi connectivity index (χ0) is 18.6. The Labute approximate surface area is 159 Å². The van der Waals surface area contributed by atoms with Crippen LogP contribution in [0.4, 0.5) is 10.8 Å². The maximum absolute atomic E-state index is 9.94. The van der Waals surface area contributed by atoms with Gasteiger partial charge in [0.2, 0.25) is 5.13 Å². The van der Waals surface area contributed by atoms with Crippen LogP contribution in [0.1, 0.15) is 0 Å². The average Bonchev–Trinajstić information content (AvgIpc) is 3.12. The Balaban J connectivity index is 1.46. The Hall–Kier alpha value is -3.58. The molecular formula is C20H15N3O3S. The molecule has 0 aliphatic carbocycles. The van der Waals surface area contributed by atoms with E-state index in [9.17, 15) is 10.2 Å². The second-order valence-corrected chi connectivity index (χ2v) is 6.66. The Kier molecular flexibility index (Phi) is 4.59. The average molecular weight is 377 g/mol. The van der Waals surface area contributed by atoms with Gasteiger partial charge in [-0.1, -0.05) is 29.5 Å². The fourth-order valence-corrected chi connectivity index (χ4v) is 3.24. The van der Waals surface area contributed by atoms with Crippen molar-refractivity contribution >= 4 is 22.2 Å². The summed E-state index contributed by atoms with van der Waals surface area (Å²) in [5.41, 5.74) is 1.36. The first-order valence-electron chi connectivity index (χ1n) is 8.13. The summed E-state index contributed by atoms with van der Waals surface area (Å²) in [5, 5.41) is 31.8. The number of hydrogen-bond donors (Lipinski definition) is 3. The standard InChI is InChI=1S/C20H15N3O3S/c24-14-8-11-17(18(25)12-14)19-22-23-20(27-19)21-13-6-9-16(10-7-13)26-15-4-2-1-3-5-15/h1-12,24-25H,(H,21,23). The van der Waals surface area contributed by atoms with Gasteiger partial charge in [0.1, 0.15) is 23.0 Å². The maximum atomic E-state index is 9.94. The number of ether oxygens (including phenoxy) is 1. The molecule has 0 unspecified atom stereocenters. The quantitative estimate of drug-likeness (QED) is 0.446. The van der Waals surface area contributed by atoms with Crippen molar-refractivity contribution in [1.82, 2.24) is 10.2 Å². The van der Waals surface area contributed by atoms with E-state index in [-0.39, 0.29) is 11.5 Å². The lowest BCUT2D eigenvalue weighted by Crippen LogP contribution is -1.90. The van der Waals surface area contributed by atoms with Crippen molar-refractivity contribution in [3.05, 3.63) is 72.8 Å². The van der Waals surface area contributed by atoms with E-state index in [0.717, 1.165) is 17.2 Å². The third kappa shape index (κ3) is 3.99. The van der Waals surface area contributed by atoms with Gasteiger partial charge in [-0.25, -0.2) is 0 Å². The molecule has 0 aliphatic rings. The molecule has 4 aromatic rings. The predicted octanol–water partition coefficient (Wildman–Crippen LogP) is 5.15. The van der Waals surface area contributed by atoms with Crippen LogP contribution in [0, 0.1) is 0 Å². The second-order valence-electron chi connectivity index (χ2n) is 5.68. The Bertz CT molecular complexity index is 1050. The third-order valence-electron chi connectivity index (χ3n) is 3.72. The van der Waals surface area contributed by atoms with E-state index in [0.29, 0.717) is 15.7 Å². The molecule has 0 radical (unpaired) electrons. The number of aromatic nitrogens is 2. The van der Waals surface area contributed by atoms with Gasteiger partial charge >= 0.3 is 0 Å². The van der Waals surface area contributed by atoms with E-state index in [4.69, 9.17) is 4.74 Å². The molecule has 1 aromatic heterocycles. The molecule has 3 N–H and O–H groups in total. The van der Waals surface area contributed by atoms with Crippen molar-refractivity contribution in [2.24, 2.45) is 0 Å². The molecular weight excluding hydrogens is 362 g/mol. The molecule has 4 rings (SSSR count). The molecule has 6 nitrogen and oxygen atoms in total. The highest BCUT2D eigenvalue weighted by Gasteiger charge is 2.11. The topological polar surface area (TPSA) is 87.5 Å².